The number of hydrogen-bond donors (Lipinski definition) is 1. The highest BCUT2D eigenvalue weighted by Crippen LogP contribution is 2.43. The van der Waals surface area contributed by atoms with Crippen LogP contribution in [-0.4, -0.2) is 18.1 Å². The van der Waals surface area contributed by atoms with E-state index in [0.717, 1.165) is 38.5 Å². The molecule has 0 radical (unpaired) electrons. The SMILES string of the molecule is CCCCCCCCCCCCCCCCCCOP(=O)(O)OCCCCCC. The van der Waals surface area contributed by atoms with Crippen LogP contribution in [0.2, 0.25) is 0 Å². The van der Waals surface area contributed by atoms with Crippen molar-refractivity contribution in [3.05, 3.63) is 0 Å². The molecule has 5 heteroatoms. The average molecular weight is 435 g/mol. The van der Waals surface area contributed by atoms with Crippen LogP contribution in [0.4, 0.5) is 0 Å². The summed E-state index contributed by atoms with van der Waals surface area (Å²) in [5.74, 6) is 0. The molecule has 0 fully saturated rings. The zero-order valence-corrected chi connectivity index (χ0v) is 20.6. The summed E-state index contributed by atoms with van der Waals surface area (Å²) in [5.41, 5.74) is 0. The Bertz CT molecular complexity index is 363. The van der Waals surface area contributed by atoms with Crippen molar-refractivity contribution in [3.63, 3.8) is 0 Å². The van der Waals surface area contributed by atoms with E-state index in [-0.39, 0.29) is 0 Å². The molecule has 0 spiro atoms. The van der Waals surface area contributed by atoms with E-state index in [2.05, 4.69) is 13.8 Å². The molecule has 0 aliphatic carbocycles. The fourth-order valence-corrected chi connectivity index (χ4v) is 4.37. The summed E-state index contributed by atoms with van der Waals surface area (Å²) in [6.45, 7) is 5.05. The smallest absolute Gasteiger partial charge is 0.302 e. The fourth-order valence-electron chi connectivity index (χ4n) is 3.58. The zero-order valence-electron chi connectivity index (χ0n) is 19.7. The van der Waals surface area contributed by atoms with Gasteiger partial charge in [0.15, 0.2) is 0 Å². The summed E-state index contributed by atoms with van der Waals surface area (Å²) in [7, 11) is -3.83. The van der Waals surface area contributed by atoms with Gasteiger partial charge < -0.3 is 4.89 Å². The highest BCUT2D eigenvalue weighted by Gasteiger charge is 2.19. The fraction of sp³-hybridized carbons (Fsp3) is 1.00. The minimum atomic E-state index is -3.83. The van der Waals surface area contributed by atoms with E-state index in [1.54, 1.807) is 0 Å². The van der Waals surface area contributed by atoms with Crippen LogP contribution in [0.25, 0.3) is 0 Å². The largest absolute Gasteiger partial charge is 0.472 e. The number of hydrogen-bond acceptors (Lipinski definition) is 3. The number of phosphoric ester groups is 1. The molecule has 0 bridgehead atoms. The second-order valence-corrected chi connectivity index (χ2v) is 9.95. The average Bonchev–Trinajstić information content (AvgIpc) is 2.70. The van der Waals surface area contributed by atoms with Crippen molar-refractivity contribution in [1.82, 2.24) is 0 Å². The summed E-state index contributed by atoms with van der Waals surface area (Å²) in [6.07, 6.45) is 25.2. The third kappa shape index (κ3) is 24.3. The van der Waals surface area contributed by atoms with Crippen LogP contribution in [0.15, 0.2) is 0 Å². The van der Waals surface area contributed by atoms with Gasteiger partial charge in [-0.25, -0.2) is 4.57 Å². The van der Waals surface area contributed by atoms with Gasteiger partial charge in [-0.1, -0.05) is 129 Å². The Balaban J connectivity index is 3.22. The molecule has 4 nitrogen and oxygen atoms in total. The summed E-state index contributed by atoms with van der Waals surface area (Å²) in [5, 5.41) is 0. The Morgan fingerprint density at radius 1 is 0.483 bits per heavy atom. The summed E-state index contributed by atoms with van der Waals surface area (Å²) >= 11 is 0. The van der Waals surface area contributed by atoms with Gasteiger partial charge in [-0.15, -0.1) is 0 Å². The van der Waals surface area contributed by atoms with Crippen LogP contribution in [0.1, 0.15) is 142 Å². The Morgan fingerprint density at radius 3 is 1.03 bits per heavy atom. The maximum Gasteiger partial charge on any atom is 0.472 e. The quantitative estimate of drug-likeness (QED) is 0.122. The van der Waals surface area contributed by atoms with Crippen LogP contribution in [0, 0.1) is 0 Å². The van der Waals surface area contributed by atoms with Crippen LogP contribution >= 0.6 is 7.82 Å². The van der Waals surface area contributed by atoms with Crippen molar-refractivity contribution in [2.24, 2.45) is 0 Å². The molecule has 0 aromatic heterocycles. The normalized spacial score (nSPS) is 13.6. The molecule has 0 heterocycles. The highest BCUT2D eigenvalue weighted by molar-refractivity contribution is 7.47. The second kappa shape index (κ2) is 22.8. The molecule has 1 atom stereocenters. The first kappa shape index (κ1) is 29.1. The third-order valence-corrected chi connectivity index (χ3v) is 6.52. The minimum absolute atomic E-state index is 0.312. The van der Waals surface area contributed by atoms with Crippen LogP contribution in [0.5, 0.6) is 0 Å². The van der Waals surface area contributed by atoms with Gasteiger partial charge in [-0.3, -0.25) is 9.05 Å². The minimum Gasteiger partial charge on any atom is -0.302 e. The van der Waals surface area contributed by atoms with Crippen LogP contribution in [-0.2, 0) is 13.6 Å². The maximum absolute atomic E-state index is 11.7. The van der Waals surface area contributed by atoms with E-state index in [4.69, 9.17) is 9.05 Å². The molecule has 0 saturated heterocycles. The van der Waals surface area contributed by atoms with E-state index in [9.17, 15) is 9.46 Å². The molecule has 176 valence electrons. The summed E-state index contributed by atoms with van der Waals surface area (Å²) in [4.78, 5) is 9.61. The van der Waals surface area contributed by atoms with E-state index in [1.807, 2.05) is 0 Å². The van der Waals surface area contributed by atoms with Gasteiger partial charge in [0.2, 0.25) is 0 Å². The molecule has 1 unspecified atom stereocenters. The lowest BCUT2D eigenvalue weighted by Crippen LogP contribution is -1.99. The van der Waals surface area contributed by atoms with Crippen molar-refractivity contribution in [2.75, 3.05) is 13.2 Å². The second-order valence-electron chi connectivity index (χ2n) is 8.50. The van der Waals surface area contributed by atoms with Crippen molar-refractivity contribution in [3.8, 4) is 0 Å². The van der Waals surface area contributed by atoms with Crippen molar-refractivity contribution in [1.29, 1.82) is 0 Å². The van der Waals surface area contributed by atoms with Crippen molar-refractivity contribution < 1.29 is 18.5 Å². The van der Waals surface area contributed by atoms with Gasteiger partial charge in [0.1, 0.15) is 0 Å². The lowest BCUT2D eigenvalue weighted by molar-refractivity contribution is 0.145. The molecule has 0 saturated carbocycles. The third-order valence-electron chi connectivity index (χ3n) is 5.50. The Morgan fingerprint density at radius 2 is 0.724 bits per heavy atom. The van der Waals surface area contributed by atoms with E-state index >= 15 is 0 Å². The first-order valence-corrected chi connectivity index (χ1v) is 14.2. The highest BCUT2D eigenvalue weighted by atomic mass is 31.2. The van der Waals surface area contributed by atoms with Gasteiger partial charge in [-0.2, -0.15) is 0 Å². The Labute approximate surface area is 182 Å². The number of unbranched alkanes of at least 4 members (excludes halogenated alkanes) is 18. The lowest BCUT2D eigenvalue weighted by atomic mass is 10.0. The standard InChI is InChI=1S/C24H51O4P/c1-3-5-7-9-10-11-12-13-14-15-16-17-18-19-20-22-24-28-29(25,26)27-23-21-8-6-4-2/h3-24H2,1-2H3,(H,25,26). The molecule has 1 N–H and O–H groups in total. The van der Waals surface area contributed by atoms with Gasteiger partial charge in [-0.05, 0) is 12.8 Å². The molecule has 0 aliphatic heterocycles. The van der Waals surface area contributed by atoms with E-state index in [1.165, 1.54) is 89.9 Å². The molecule has 29 heavy (non-hydrogen) atoms. The lowest BCUT2D eigenvalue weighted by Gasteiger charge is -2.12. The number of rotatable bonds is 24. The zero-order chi connectivity index (χ0) is 21.5. The first-order valence-electron chi connectivity index (χ1n) is 12.7. The van der Waals surface area contributed by atoms with Gasteiger partial charge in [0.25, 0.3) is 0 Å². The van der Waals surface area contributed by atoms with Crippen LogP contribution < -0.4 is 0 Å². The first-order chi connectivity index (χ1) is 14.1. The monoisotopic (exact) mass is 434 g/mol. The van der Waals surface area contributed by atoms with Gasteiger partial charge in [0, 0.05) is 0 Å². The Kier molecular flexibility index (Phi) is 22.9. The molecular weight excluding hydrogens is 383 g/mol. The molecule has 0 aromatic carbocycles. The predicted molar refractivity (Wildman–Crippen MR) is 125 cm³/mol. The Hall–Kier alpha value is 0.110. The maximum atomic E-state index is 11.7. The molecular formula is C24H51O4P. The molecule has 0 rings (SSSR count). The van der Waals surface area contributed by atoms with E-state index < -0.39 is 7.82 Å². The number of phosphoric acid groups is 1. The van der Waals surface area contributed by atoms with Crippen LogP contribution in [0.3, 0.4) is 0 Å². The predicted octanol–water partition coefficient (Wildman–Crippen LogP) is 8.96. The van der Waals surface area contributed by atoms with Gasteiger partial charge >= 0.3 is 7.82 Å². The topological polar surface area (TPSA) is 55.8 Å². The molecule has 0 amide bonds. The summed E-state index contributed by atoms with van der Waals surface area (Å²) in [6, 6.07) is 0. The van der Waals surface area contributed by atoms with E-state index in [0.29, 0.717) is 13.2 Å². The molecule has 0 aromatic rings. The van der Waals surface area contributed by atoms with Gasteiger partial charge in [0.05, 0.1) is 13.2 Å². The van der Waals surface area contributed by atoms with Crippen molar-refractivity contribution >= 4 is 7.82 Å². The molecule has 0 aliphatic rings. The van der Waals surface area contributed by atoms with Crippen molar-refractivity contribution in [2.45, 2.75) is 142 Å². The summed E-state index contributed by atoms with van der Waals surface area (Å²) < 4.78 is 21.8.